The third-order valence-electron chi connectivity index (χ3n) is 5.50. The molecule has 2 atom stereocenters. The third kappa shape index (κ3) is 3.43. The van der Waals surface area contributed by atoms with Crippen LogP contribution in [0.2, 0.25) is 0 Å². The molecule has 5 rings (SSSR count). The van der Waals surface area contributed by atoms with Gasteiger partial charge in [0.15, 0.2) is 0 Å². The van der Waals surface area contributed by atoms with Crippen LogP contribution in [-0.4, -0.2) is 15.0 Å². The van der Waals surface area contributed by atoms with E-state index in [4.69, 9.17) is 0 Å². The lowest BCUT2D eigenvalue weighted by atomic mass is 9.88. The Morgan fingerprint density at radius 3 is 1.55 bits per heavy atom. The molecule has 0 saturated carbocycles. The molecule has 3 aromatic heterocycles. The molecule has 0 aliphatic carbocycles. The fourth-order valence-corrected chi connectivity index (χ4v) is 4.18. The van der Waals surface area contributed by atoms with Crippen molar-refractivity contribution in [1.82, 2.24) is 15.0 Å². The summed E-state index contributed by atoms with van der Waals surface area (Å²) in [7, 11) is 0. The Hall–Kier alpha value is -3.72. The van der Waals surface area contributed by atoms with Crippen LogP contribution < -0.4 is 0 Å². The number of hydrogen-bond donors (Lipinski definition) is 3. The average molecular weight is 377 g/mol. The first-order valence-electron chi connectivity index (χ1n) is 9.95. The van der Waals surface area contributed by atoms with Gasteiger partial charge in [0, 0.05) is 35.7 Å². The van der Waals surface area contributed by atoms with Crippen LogP contribution in [0, 0.1) is 0 Å². The van der Waals surface area contributed by atoms with Crippen molar-refractivity contribution in [2.24, 2.45) is 0 Å². The second-order valence-corrected chi connectivity index (χ2v) is 7.33. The van der Waals surface area contributed by atoms with Gasteiger partial charge in [-0.15, -0.1) is 0 Å². The van der Waals surface area contributed by atoms with E-state index in [-0.39, 0.29) is 11.8 Å². The highest BCUT2D eigenvalue weighted by molar-refractivity contribution is 5.45. The molecule has 3 N–H and O–H groups in total. The summed E-state index contributed by atoms with van der Waals surface area (Å²) in [6.07, 6.45) is 6.12. The quantitative estimate of drug-likeness (QED) is 0.323. The summed E-state index contributed by atoms with van der Waals surface area (Å²) in [5, 5.41) is 0. The van der Waals surface area contributed by atoms with E-state index in [0.29, 0.717) is 0 Å². The van der Waals surface area contributed by atoms with Crippen molar-refractivity contribution < 1.29 is 0 Å². The average Bonchev–Trinajstić information content (AvgIpc) is 3.54. The predicted octanol–water partition coefficient (Wildman–Crippen LogP) is 6.03. The van der Waals surface area contributed by atoms with Gasteiger partial charge in [0.2, 0.25) is 0 Å². The van der Waals surface area contributed by atoms with Gasteiger partial charge in [0.1, 0.15) is 0 Å². The van der Waals surface area contributed by atoms with Gasteiger partial charge in [-0.3, -0.25) is 0 Å². The minimum Gasteiger partial charge on any atom is -0.364 e. The number of benzene rings is 2. The fraction of sp³-hybridized carbons (Fsp3) is 0.0769. The standard InChI is InChI=1S/C26H23N3/c1-3-9-19(10-4-1)25(22-13-7-15-27-22)21-17-24(29-18-21)26(23-14-8-16-28-23)20-11-5-2-6-12-20/h1-18,25-29H. The van der Waals surface area contributed by atoms with E-state index in [2.05, 4.69) is 112 Å². The molecular weight excluding hydrogens is 354 g/mol. The summed E-state index contributed by atoms with van der Waals surface area (Å²) in [6.45, 7) is 0. The van der Waals surface area contributed by atoms with Crippen LogP contribution in [0.5, 0.6) is 0 Å². The van der Waals surface area contributed by atoms with Crippen LogP contribution in [0.4, 0.5) is 0 Å². The highest BCUT2D eigenvalue weighted by Crippen LogP contribution is 2.35. The lowest BCUT2D eigenvalue weighted by Crippen LogP contribution is -2.05. The van der Waals surface area contributed by atoms with Gasteiger partial charge in [-0.05, 0) is 47.0 Å². The number of nitrogens with one attached hydrogen (secondary N) is 3. The second kappa shape index (κ2) is 7.72. The first kappa shape index (κ1) is 17.4. The zero-order valence-corrected chi connectivity index (χ0v) is 16.0. The highest BCUT2D eigenvalue weighted by Gasteiger charge is 2.23. The van der Waals surface area contributed by atoms with Crippen molar-refractivity contribution in [3.05, 3.63) is 143 Å². The monoisotopic (exact) mass is 377 g/mol. The Morgan fingerprint density at radius 1 is 0.448 bits per heavy atom. The Balaban J connectivity index is 1.59. The Labute approximate surface area is 170 Å². The van der Waals surface area contributed by atoms with Crippen LogP contribution in [0.25, 0.3) is 0 Å². The maximum atomic E-state index is 3.57. The second-order valence-electron chi connectivity index (χ2n) is 7.33. The number of aromatic nitrogens is 3. The number of rotatable bonds is 6. The summed E-state index contributed by atoms with van der Waals surface area (Å²) >= 11 is 0. The van der Waals surface area contributed by atoms with E-state index >= 15 is 0 Å². The van der Waals surface area contributed by atoms with Gasteiger partial charge in [-0.1, -0.05) is 60.7 Å². The molecule has 3 nitrogen and oxygen atoms in total. The highest BCUT2D eigenvalue weighted by atomic mass is 14.8. The normalized spacial score (nSPS) is 13.2. The van der Waals surface area contributed by atoms with Crippen molar-refractivity contribution in [2.45, 2.75) is 11.8 Å². The van der Waals surface area contributed by atoms with E-state index < -0.39 is 0 Å². The van der Waals surface area contributed by atoms with Crippen molar-refractivity contribution in [1.29, 1.82) is 0 Å². The largest absolute Gasteiger partial charge is 0.364 e. The Morgan fingerprint density at radius 2 is 1.00 bits per heavy atom. The van der Waals surface area contributed by atoms with Gasteiger partial charge in [0.25, 0.3) is 0 Å². The molecule has 0 bridgehead atoms. The van der Waals surface area contributed by atoms with Crippen LogP contribution in [0.15, 0.2) is 110 Å². The zero-order chi connectivity index (χ0) is 19.5. The van der Waals surface area contributed by atoms with Gasteiger partial charge in [0.05, 0.1) is 11.8 Å². The SMILES string of the molecule is c1ccc(C(c2c[nH]c(C(c3ccccc3)c3ccc[nH]3)c2)c2ccc[nH]2)cc1. The molecule has 142 valence electrons. The van der Waals surface area contributed by atoms with Crippen LogP contribution in [0.3, 0.4) is 0 Å². The summed E-state index contributed by atoms with van der Waals surface area (Å²) in [4.78, 5) is 10.4. The smallest absolute Gasteiger partial charge is 0.0641 e. The number of H-pyrrole nitrogens is 3. The maximum Gasteiger partial charge on any atom is 0.0641 e. The van der Waals surface area contributed by atoms with Crippen molar-refractivity contribution in [3.8, 4) is 0 Å². The molecule has 2 aromatic carbocycles. The van der Waals surface area contributed by atoms with Crippen molar-refractivity contribution >= 4 is 0 Å². The third-order valence-corrected chi connectivity index (χ3v) is 5.50. The summed E-state index contributed by atoms with van der Waals surface area (Å²) in [5.41, 5.74) is 7.34. The fourth-order valence-electron chi connectivity index (χ4n) is 4.18. The molecule has 0 aliphatic rings. The molecule has 2 unspecified atom stereocenters. The Kier molecular flexibility index (Phi) is 4.63. The molecule has 0 saturated heterocycles. The van der Waals surface area contributed by atoms with Crippen LogP contribution in [-0.2, 0) is 0 Å². The summed E-state index contributed by atoms with van der Waals surface area (Å²) in [6, 6.07) is 32.0. The van der Waals surface area contributed by atoms with E-state index in [9.17, 15) is 0 Å². The van der Waals surface area contributed by atoms with Gasteiger partial charge in [-0.2, -0.15) is 0 Å². The lowest BCUT2D eigenvalue weighted by molar-refractivity contribution is 0.897. The minimum absolute atomic E-state index is 0.139. The predicted molar refractivity (Wildman–Crippen MR) is 117 cm³/mol. The first-order valence-corrected chi connectivity index (χ1v) is 9.95. The molecule has 0 amide bonds. The maximum absolute atomic E-state index is 3.57. The lowest BCUT2D eigenvalue weighted by Gasteiger charge is -2.17. The van der Waals surface area contributed by atoms with E-state index in [1.54, 1.807) is 0 Å². The van der Waals surface area contributed by atoms with E-state index in [1.807, 2.05) is 12.4 Å². The molecule has 3 heterocycles. The van der Waals surface area contributed by atoms with Crippen LogP contribution in [0.1, 0.15) is 45.6 Å². The van der Waals surface area contributed by atoms with Gasteiger partial charge < -0.3 is 15.0 Å². The molecule has 29 heavy (non-hydrogen) atoms. The van der Waals surface area contributed by atoms with Crippen molar-refractivity contribution in [3.63, 3.8) is 0 Å². The van der Waals surface area contributed by atoms with Gasteiger partial charge in [-0.25, -0.2) is 0 Å². The molecule has 0 fully saturated rings. The number of hydrogen-bond acceptors (Lipinski definition) is 0. The molecule has 0 radical (unpaired) electrons. The summed E-state index contributed by atoms with van der Waals surface area (Å²) < 4.78 is 0. The molecule has 0 spiro atoms. The van der Waals surface area contributed by atoms with Gasteiger partial charge >= 0.3 is 0 Å². The summed E-state index contributed by atoms with van der Waals surface area (Å²) in [5.74, 6) is 0.302. The number of aromatic amines is 3. The topological polar surface area (TPSA) is 47.4 Å². The van der Waals surface area contributed by atoms with Crippen molar-refractivity contribution in [2.75, 3.05) is 0 Å². The molecular formula is C26H23N3. The molecule has 5 aromatic rings. The Bertz CT molecular complexity index is 1050. The zero-order valence-electron chi connectivity index (χ0n) is 16.0. The van der Waals surface area contributed by atoms with E-state index in [0.717, 1.165) is 0 Å². The first-order chi connectivity index (χ1) is 14.4. The van der Waals surface area contributed by atoms with Crippen LogP contribution >= 0.6 is 0 Å². The van der Waals surface area contributed by atoms with E-state index in [1.165, 1.54) is 33.8 Å². The minimum atomic E-state index is 0.139. The molecule has 3 heteroatoms. The molecule has 0 aliphatic heterocycles.